The molecule has 3 aromatic rings. The first-order valence-electron chi connectivity index (χ1n) is 9.40. The zero-order chi connectivity index (χ0) is 20.1. The molecule has 6 nitrogen and oxygen atoms in total. The molecule has 0 saturated carbocycles. The number of ether oxygens (including phenoxy) is 1. The van der Waals surface area contributed by atoms with Gasteiger partial charge in [0.05, 0.1) is 11.4 Å². The molecule has 0 fully saturated rings. The number of nitrogens with one attached hydrogen (secondary N) is 1. The van der Waals surface area contributed by atoms with Crippen LogP contribution in [0.3, 0.4) is 0 Å². The summed E-state index contributed by atoms with van der Waals surface area (Å²) in [5, 5.41) is 10.2. The van der Waals surface area contributed by atoms with Crippen LogP contribution >= 0.6 is 11.3 Å². The Morgan fingerprint density at radius 3 is 2.64 bits per heavy atom. The molecule has 0 bridgehead atoms. The lowest BCUT2D eigenvalue weighted by Crippen LogP contribution is -2.30. The van der Waals surface area contributed by atoms with E-state index in [1.807, 2.05) is 54.2 Å². The van der Waals surface area contributed by atoms with Gasteiger partial charge in [0.2, 0.25) is 5.13 Å². The molecule has 148 valence electrons. The zero-order valence-electron chi connectivity index (χ0n) is 16.7. The summed E-state index contributed by atoms with van der Waals surface area (Å²) in [6.07, 6.45) is 0.671. The highest BCUT2D eigenvalue weighted by Crippen LogP contribution is 2.19. The fourth-order valence-electron chi connectivity index (χ4n) is 2.81. The average Bonchev–Trinajstić information content (AvgIpc) is 3.26. The number of aromatic nitrogens is 3. The van der Waals surface area contributed by atoms with Crippen LogP contribution in [0.15, 0.2) is 35.7 Å². The van der Waals surface area contributed by atoms with Crippen LogP contribution in [-0.2, 0) is 11.2 Å². The SMILES string of the molecule is Cc1cc(C)n(-c2nc(CCNC(=O)COc3ccc(C(C)C)cc3)cs2)n1. The molecule has 3 rings (SSSR count). The molecule has 0 aliphatic rings. The van der Waals surface area contributed by atoms with Crippen LogP contribution < -0.4 is 10.1 Å². The Bertz CT molecular complexity index is 928. The van der Waals surface area contributed by atoms with Crippen LogP contribution in [0.2, 0.25) is 0 Å². The van der Waals surface area contributed by atoms with Crippen LogP contribution in [0.5, 0.6) is 5.75 Å². The number of hydrogen-bond donors (Lipinski definition) is 1. The summed E-state index contributed by atoms with van der Waals surface area (Å²) in [5.74, 6) is 1.04. The van der Waals surface area contributed by atoms with E-state index in [1.54, 1.807) is 11.3 Å². The third-order valence-electron chi connectivity index (χ3n) is 4.35. The Labute approximate surface area is 169 Å². The fourth-order valence-corrected chi connectivity index (χ4v) is 3.68. The molecule has 0 unspecified atom stereocenters. The summed E-state index contributed by atoms with van der Waals surface area (Å²) in [6, 6.07) is 9.88. The number of aryl methyl sites for hydroxylation is 2. The first kappa shape index (κ1) is 20.1. The summed E-state index contributed by atoms with van der Waals surface area (Å²) in [5.41, 5.74) is 4.23. The number of amides is 1. The minimum Gasteiger partial charge on any atom is -0.484 e. The van der Waals surface area contributed by atoms with E-state index in [1.165, 1.54) is 5.56 Å². The molecule has 0 aliphatic heterocycles. The molecule has 0 atom stereocenters. The summed E-state index contributed by atoms with van der Waals surface area (Å²) < 4.78 is 7.39. The van der Waals surface area contributed by atoms with Gasteiger partial charge >= 0.3 is 0 Å². The van der Waals surface area contributed by atoms with Crippen LogP contribution in [0.4, 0.5) is 0 Å². The molecule has 0 spiro atoms. The maximum Gasteiger partial charge on any atom is 0.257 e. The number of benzene rings is 1. The van der Waals surface area contributed by atoms with Crippen molar-refractivity contribution in [3.63, 3.8) is 0 Å². The van der Waals surface area contributed by atoms with Crippen LogP contribution in [0.25, 0.3) is 5.13 Å². The molecule has 0 aliphatic carbocycles. The van der Waals surface area contributed by atoms with Gasteiger partial charge in [-0.15, -0.1) is 11.3 Å². The van der Waals surface area contributed by atoms with Crippen molar-refractivity contribution in [1.29, 1.82) is 0 Å². The Balaban J connectivity index is 1.42. The number of nitrogens with zero attached hydrogens (tertiary/aromatic N) is 3. The van der Waals surface area contributed by atoms with Gasteiger partial charge in [-0.2, -0.15) is 5.10 Å². The maximum absolute atomic E-state index is 12.0. The second kappa shape index (κ2) is 9.01. The van der Waals surface area contributed by atoms with Crippen molar-refractivity contribution in [2.45, 2.75) is 40.0 Å². The summed E-state index contributed by atoms with van der Waals surface area (Å²) in [7, 11) is 0. The first-order valence-corrected chi connectivity index (χ1v) is 10.3. The standard InChI is InChI=1S/C21H26N4O2S/c1-14(2)17-5-7-19(8-6-17)27-12-20(26)22-10-9-18-13-28-21(23-18)25-16(4)11-15(3)24-25/h5-8,11,13-14H,9-10,12H2,1-4H3,(H,22,26). The third-order valence-corrected chi connectivity index (χ3v) is 5.22. The number of rotatable bonds is 8. The Kier molecular flexibility index (Phi) is 6.46. The van der Waals surface area contributed by atoms with Crippen molar-refractivity contribution in [3.05, 3.63) is 58.4 Å². The fraction of sp³-hybridized carbons (Fsp3) is 0.381. The normalized spacial score (nSPS) is 11.0. The van der Waals surface area contributed by atoms with Crippen molar-refractivity contribution in [2.24, 2.45) is 0 Å². The van der Waals surface area contributed by atoms with E-state index in [0.717, 1.165) is 22.2 Å². The van der Waals surface area contributed by atoms with E-state index in [9.17, 15) is 4.79 Å². The number of thiazole rings is 1. The van der Waals surface area contributed by atoms with Crippen molar-refractivity contribution >= 4 is 17.2 Å². The second-order valence-electron chi connectivity index (χ2n) is 7.07. The van der Waals surface area contributed by atoms with Gasteiger partial charge in [0, 0.05) is 24.0 Å². The summed E-state index contributed by atoms with van der Waals surface area (Å²) >= 11 is 1.55. The molecule has 0 saturated heterocycles. The van der Waals surface area contributed by atoms with Crippen LogP contribution in [0.1, 0.15) is 42.4 Å². The number of hydrogen-bond acceptors (Lipinski definition) is 5. The monoisotopic (exact) mass is 398 g/mol. The van der Waals surface area contributed by atoms with Crippen molar-refractivity contribution in [1.82, 2.24) is 20.1 Å². The highest BCUT2D eigenvalue weighted by molar-refractivity contribution is 7.12. The van der Waals surface area contributed by atoms with Gasteiger partial charge in [0.15, 0.2) is 6.61 Å². The lowest BCUT2D eigenvalue weighted by molar-refractivity contribution is -0.123. The lowest BCUT2D eigenvalue weighted by atomic mass is 10.0. The molecule has 1 N–H and O–H groups in total. The van der Waals surface area contributed by atoms with Crippen molar-refractivity contribution < 1.29 is 9.53 Å². The molecule has 0 radical (unpaired) electrons. The molecule has 1 amide bonds. The topological polar surface area (TPSA) is 69.0 Å². The van der Waals surface area contributed by atoms with Crippen molar-refractivity contribution in [2.75, 3.05) is 13.2 Å². The van der Waals surface area contributed by atoms with Gasteiger partial charge in [-0.3, -0.25) is 4.79 Å². The lowest BCUT2D eigenvalue weighted by Gasteiger charge is -2.09. The van der Waals surface area contributed by atoms with E-state index in [-0.39, 0.29) is 12.5 Å². The zero-order valence-corrected chi connectivity index (χ0v) is 17.5. The van der Waals surface area contributed by atoms with Crippen LogP contribution in [-0.4, -0.2) is 33.8 Å². The summed E-state index contributed by atoms with van der Waals surface area (Å²) in [4.78, 5) is 16.6. The molecule has 7 heteroatoms. The Hall–Kier alpha value is -2.67. The molecular weight excluding hydrogens is 372 g/mol. The Morgan fingerprint density at radius 1 is 1.25 bits per heavy atom. The molecule has 2 heterocycles. The largest absolute Gasteiger partial charge is 0.484 e. The molecule has 2 aromatic heterocycles. The van der Waals surface area contributed by atoms with Gasteiger partial charge < -0.3 is 10.1 Å². The quantitative estimate of drug-likeness (QED) is 0.626. The van der Waals surface area contributed by atoms with Gasteiger partial charge in [-0.05, 0) is 43.5 Å². The van der Waals surface area contributed by atoms with Crippen LogP contribution in [0, 0.1) is 13.8 Å². The predicted octanol–water partition coefficient (Wildman–Crippen LogP) is 3.81. The molecule has 28 heavy (non-hydrogen) atoms. The Morgan fingerprint density at radius 2 is 2.00 bits per heavy atom. The smallest absolute Gasteiger partial charge is 0.257 e. The predicted molar refractivity (Wildman–Crippen MR) is 111 cm³/mol. The van der Waals surface area contributed by atoms with E-state index in [2.05, 4.69) is 29.2 Å². The van der Waals surface area contributed by atoms with E-state index in [4.69, 9.17) is 4.74 Å². The van der Waals surface area contributed by atoms with E-state index < -0.39 is 0 Å². The highest BCUT2D eigenvalue weighted by atomic mass is 32.1. The molecule has 1 aromatic carbocycles. The van der Waals surface area contributed by atoms with Gasteiger partial charge in [0.25, 0.3) is 5.91 Å². The van der Waals surface area contributed by atoms with E-state index >= 15 is 0 Å². The minimum absolute atomic E-state index is 0.00903. The number of carbonyl (C=O) groups excluding carboxylic acids is 1. The molecular formula is C21H26N4O2S. The first-order chi connectivity index (χ1) is 13.4. The highest BCUT2D eigenvalue weighted by Gasteiger charge is 2.09. The average molecular weight is 399 g/mol. The van der Waals surface area contributed by atoms with E-state index in [0.29, 0.717) is 24.6 Å². The minimum atomic E-state index is -0.137. The van der Waals surface area contributed by atoms with Gasteiger partial charge in [-0.1, -0.05) is 26.0 Å². The number of carbonyl (C=O) groups is 1. The van der Waals surface area contributed by atoms with Crippen molar-refractivity contribution in [3.8, 4) is 10.9 Å². The third kappa shape index (κ3) is 5.19. The van der Waals surface area contributed by atoms with Gasteiger partial charge in [0.1, 0.15) is 5.75 Å². The summed E-state index contributed by atoms with van der Waals surface area (Å²) in [6.45, 7) is 8.80. The second-order valence-corrected chi connectivity index (χ2v) is 7.91. The maximum atomic E-state index is 12.0. The van der Waals surface area contributed by atoms with Gasteiger partial charge in [-0.25, -0.2) is 9.67 Å².